The minimum atomic E-state index is -0.212. The van der Waals surface area contributed by atoms with Gasteiger partial charge >= 0.3 is 0 Å². The zero-order valence-corrected chi connectivity index (χ0v) is 10.1. The van der Waals surface area contributed by atoms with Crippen LogP contribution in [0.25, 0.3) is 0 Å². The number of hydrogen-bond donors (Lipinski definition) is 2. The molecule has 0 unspecified atom stereocenters. The van der Waals surface area contributed by atoms with E-state index in [0.717, 1.165) is 12.0 Å². The van der Waals surface area contributed by atoms with Crippen molar-refractivity contribution in [2.75, 3.05) is 12.3 Å². The van der Waals surface area contributed by atoms with Crippen molar-refractivity contribution in [3.63, 3.8) is 0 Å². The molecular weight excluding hydrogens is 230 g/mol. The molecule has 0 spiro atoms. The molecule has 0 radical (unpaired) electrons. The lowest BCUT2D eigenvalue weighted by molar-refractivity contribution is 0.0945. The molecule has 0 saturated carbocycles. The number of carbonyl (C=O) groups excluding carboxylic acids is 1. The number of anilines is 1. The highest BCUT2D eigenvalue weighted by atomic mass is 16.2. The van der Waals surface area contributed by atoms with Gasteiger partial charge in [0.05, 0.1) is 11.9 Å². The number of aryl methyl sites for hydroxylation is 1. The van der Waals surface area contributed by atoms with Gasteiger partial charge in [-0.1, -0.05) is 6.07 Å². The van der Waals surface area contributed by atoms with Crippen LogP contribution in [0.4, 0.5) is 5.69 Å². The van der Waals surface area contributed by atoms with Crippen LogP contribution >= 0.6 is 0 Å². The number of nitrogens with zero attached hydrogens (tertiary/aromatic N) is 3. The first-order chi connectivity index (χ1) is 8.68. The van der Waals surface area contributed by atoms with Crippen LogP contribution < -0.4 is 11.1 Å². The van der Waals surface area contributed by atoms with Crippen molar-refractivity contribution < 1.29 is 4.79 Å². The van der Waals surface area contributed by atoms with Gasteiger partial charge in [-0.2, -0.15) is 5.10 Å². The summed E-state index contributed by atoms with van der Waals surface area (Å²) in [6, 6.07) is 3.84. The van der Waals surface area contributed by atoms with E-state index >= 15 is 0 Å². The van der Waals surface area contributed by atoms with Gasteiger partial charge in [0.15, 0.2) is 0 Å². The smallest absolute Gasteiger partial charge is 0.271 e. The van der Waals surface area contributed by atoms with E-state index in [1.807, 2.05) is 12.1 Å². The average Bonchev–Trinajstić information content (AvgIpc) is 2.70. The van der Waals surface area contributed by atoms with Crippen molar-refractivity contribution in [3.8, 4) is 0 Å². The van der Waals surface area contributed by atoms with E-state index in [-0.39, 0.29) is 5.91 Å². The molecule has 0 aliphatic carbocycles. The van der Waals surface area contributed by atoms with Gasteiger partial charge in [-0.05, 0) is 18.1 Å². The van der Waals surface area contributed by atoms with Gasteiger partial charge in [-0.3, -0.25) is 14.5 Å². The lowest BCUT2D eigenvalue weighted by Gasteiger charge is -2.06. The zero-order chi connectivity index (χ0) is 13.0. The summed E-state index contributed by atoms with van der Waals surface area (Å²) in [7, 11) is 1.69. The van der Waals surface area contributed by atoms with Crippen molar-refractivity contribution in [2.24, 2.45) is 7.05 Å². The van der Waals surface area contributed by atoms with Crippen LogP contribution in [0.2, 0.25) is 0 Å². The molecule has 6 nitrogen and oxygen atoms in total. The van der Waals surface area contributed by atoms with Gasteiger partial charge in [-0.25, -0.2) is 0 Å². The second kappa shape index (κ2) is 5.31. The second-order valence-electron chi connectivity index (χ2n) is 3.94. The normalized spacial score (nSPS) is 10.3. The zero-order valence-electron chi connectivity index (χ0n) is 10.1. The summed E-state index contributed by atoms with van der Waals surface area (Å²) in [5.41, 5.74) is 7.53. The van der Waals surface area contributed by atoms with Crippen LogP contribution in [0.3, 0.4) is 0 Å². The predicted molar refractivity (Wildman–Crippen MR) is 67.9 cm³/mol. The number of rotatable bonds is 4. The molecule has 2 aromatic rings. The minimum Gasteiger partial charge on any atom is -0.396 e. The molecule has 0 fully saturated rings. The molecule has 0 aliphatic heterocycles. The summed E-state index contributed by atoms with van der Waals surface area (Å²) in [6.07, 6.45) is 5.70. The lowest BCUT2D eigenvalue weighted by Crippen LogP contribution is -2.28. The monoisotopic (exact) mass is 245 g/mol. The van der Waals surface area contributed by atoms with E-state index in [0.29, 0.717) is 17.9 Å². The Kier molecular flexibility index (Phi) is 3.57. The molecule has 2 heterocycles. The third kappa shape index (κ3) is 2.65. The molecule has 1 amide bonds. The summed E-state index contributed by atoms with van der Waals surface area (Å²) >= 11 is 0. The molecular formula is C12H15N5O. The van der Waals surface area contributed by atoms with Crippen LogP contribution in [-0.2, 0) is 13.5 Å². The highest BCUT2D eigenvalue weighted by Gasteiger charge is 2.13. The molecule has 0 saturated heterocycles. The molecule has 2 aromatic heterocycles. The summed E-state index contributed by atoms with van der Waals surface area (Å²) in [5, 5.41) is 6.73. The van der Waals surface area contributed by atoms with Gasteiger partial charge in [0.1, 0.15) is 5.69 Å². The van der Waals surface area contributed by atoms with Crippen molar-refractivity contribution in [1.29, 1.82) is 0 Å². The number of hydrogen-bond acceptors (Lipinski definition) is 4. The maximum Gasteiger partial charge on any atom is 0.271 e. The fraction of sp³-hybridized carbons (Fsp3) is 0.250. The summed E-state index contributed by atoms with van der Waals surface area (Å²) < 4.78 is 1.47. The lowest BCUT2D eigenvalue weighted by atomic mass is 10.2. The maximum atomic E-state index is 11.9. The number of amides is 1. The second-order valence-corrected chi connectivity index (χ2v) is 3.94. The fourth-order valence-corrected chi connectivity index (χ4v) is 1.68. The highest BCUT2D eigenvalue weighted by molar-refractivity contribution is 5.97. The number of nitrogens with two attached hydrogens (primary N) is 1. The third-order valence-electron chi connectivity index (χ3n) is 2.60. The van der Waals surface area contributed by atoms with Crippen LogP contribution in [0.1, 0.15) is 16.1 Å². The van der Waals surface area contributed by atoms with E-state index in [1.165, 1.54) is 10.9 Å². The van der Waals surface area contributed by atoms with E-state index < -0.39 is 0 Å². The van der Waals surface area contributed by atoms with Crippen LogP contribution in [-0.4, -0.2) is 27.2 Å². The Balaban J connectivity index is 1.90. The molecule has 0 aliphatic rings. The first-order valence-electron chi connectivity index (χ1n) is 5.63. The molecule has 0 atom stereocenters. The van der Waals surface area contributed by atoms with Crippen molar-refractivity contribution in [1.82, 2.24) is 20.1 Å². The largest absolute Gasteiger partial charge is 0.396 e. The topological polar surface area (TPSA) is 85.8 Å². The number of nitrogen functional groups attached to an aromatic ring is 1. The Labute approximate surface area is 105 Å². The standard InChI is InChI=1S/C12H15N5O/c1-17-11(10(13)8-16-17)12(18)15-6-4-9-3-2-5-14-7-9/h2-3,5,7-8H,4,6,13H2,1H3,(H,15,18). The molecule has 3 N–H and O–H groups in total. The number of aromatic nitrogens is 3. The Morgan fingerprint density at radius 1 is 1.50 bits per heavy atom. The van der Waals surface area contributed by atoms with E-state index in [1.54, 1.807) is 19.4 Å². The van der Waals surface area contributed by atoms with Crippen LogP contribution in [0.5, 0.6) is 0 Å². The first kappa shape index (κ1) is 12.1. The molecule has 94 valence electrons. The Morgan fingerprint density at radius 3 is 2.94 bits per heavy atom. The number of nitrogens with one attached hydrogen (secondary N) is 1. The summed E-state index contributed by atoms with van der Waals surface area (Å²) in [5.74, 6) is -0.212. The van der Waals surface area contributed by atoms with Gasteiger partial charge in [-0.15, -0.1) is 0 Å². The molecule has 18 heavy (non-hydrogen) atoms. The summed E-state index contributed by atoms with van der Waals surface area (Å²) in [4.78, 5) is 15.9. The van der Waals surface area contributed by atoms with Crippen molar-refractivity contribution in [2.45, 2.75) is 6.42 Å². The quantitative estimate of drug-likeness (QED) is 0.814. The van der Waals surface area contributed by atoms with Gasteiger partial charge < -0.3 is 11.1 Å². The number of carbonyl (C=O) groups is 1. The molecule has 6 heteroatoms. The van der Waals surface area contributed by atoms with Crippen molar-refractivity contribution in [3.05, 3.63) is 42.0 Å². The predicted octanol–water partition coefficient (Wildman–Crippen LogP) is 0.370. The summed E-state index contributed by atoms with van der Waals surface area (Å²) in [6.45, 7) is 0.537. The first-order valence-corrected chi connectivity index (χ1v) is 5.63. The number of pyridine rings is 1. The van der Waals surface area contributed by atoms with Gasteiger partial charge in [0, 0.05) is 26.0 Å². The van der Waals surface area contributed by atoms with Crippen LogP contribution in [0.15, 0.2) is 30.7 Å². The van der Waals surface area contributed by atoms with E-state index in [4.69, 9.17) is 5.73 Å². The Morgan fingerprint density at radius 2 is 2.33 bits per heavy atom. The minimum absolute atomic E-state index is 0.212. The Bertz CT molecular complexity index is 515. The van der Waals surface area contributed by atoms with Gasteiger partial charge in [0.25, 0.3) is 5.91 Å². The fourth-order valence-electron chi connectivity index (χ4n) is 1.68. The van der Waals surface area contributed by atoms with Gasteiger partial charge in [0.2, 0.25) is 0 Å². The SMILES string of the molecule is Cn1ncc(N)c1C(=O)NCCc1cccnc1. The maximum absolute atomic E-state index is 11.9. The Hall–Kier alpha value is -2.37. The van der Waals surface area contributed by atoms with Crippen molar-refractivity contribution >= 4 is 11.6 Å². The molecule has 0 bridgehead atoms. The van der Waals surface area contributed by atoms with E-state index in [9.17, 15) is 4.79 Å². The molecule has 2 rings (SSSR count). The van der Waals surface area contributed by atoms with Crippen LogP contribution in [0, 0.1) is 0 Å². The van der Waals surface area contributed by atoms with E-state index in [2.05, 4.69) is 15.4 Å². The molecule has 0 aromatic carbocycles. The average molecular weight is 245 g/mol. The highest BCUT2D eigenvalue weighted by Crippen LogP contribution is 2.08. The third-order valence-corrected chi connectivity index (χ3v) is 2.60.